The van der Waals surface area contributed by atoms with E-state index in [1.807, 2.05) is 18.5 Å². The van der Waals surface area contributed by atoms with Crippen molar-refractivity contribution in [3.63, 3.8) is 0 Å². The molecule has 0 spiro atoms. The molecule has 3 heterocycles. The van der Waals surface area contributed by atoms with Crippen LogP contribution in [0.4, 0.5) is 5.82 Å². The van der Waals surface area contributed by atoms with Gasteiger partial charge in [0.2, 0.25) is 0 Å². The van der Waals surface area contributed by atoms with Crippen molar-refractivity contribution >= 4 is 17.4 Å². The van der Waals surface area contributed by atoms with E-state index >= 15 is 0 Å². The number of hydrogen-bond acceptors (Lipinski definition) is 4. The summed E-state index contributed by atoms with van der Waals surface area (Å²) in [6.07, 6.45) is 7.69. The van der Waals surface area contributed by atoms with Gasteiger partial charge in [0.25, 0.3) is 0 Å². The van der Waals surface area contributed by atoms with E-state index < -0.39 is 0 Å². The molecule has 104 valence electrons. The molecule has 1 unspecified atom stereocenters. The maximum Gasteiger partial charge on any atom is 0.148 e. The van der Waals surface area contributed by atoms with Crippen molar-refractivity contribution in [2.75, 3.05) is 11.4 Å². The largest absolute Gasteiger partial charge is 0.348 e. The van der Waals surface area contributed by atoms with Crippen LogP contribution >= 0.6 is 11.6 Å². The molecule has 2 aromatic rings. The van der Waals surface area contributed by atoms with E-state index in [-0.39, 0.29) is 0 Å². The second-order valence-electron chi connectivity index (χ2n) is 4.94. The van der Waals surface area contributed by atoms with Crippen LogP contribution in [0.2, 0.25) is 5.02 Å². The van der Waals surface area contributed by atoms with Crippen LogP contribution in [0, 0.1) is 0 Å². The highest BCUT2D eigenvalue weighted by Gasteiger charge is 2.28. The van der Waals surface area contributed by atoms with E-state index in [4.69, 9.17) is 17.3 Å². The molecule has 2 N–H and O–H groups in total. The van der Waals surface area contributed by atoms with Gasteiger partial charge >= 0.3 is 0 Å². The molecule has 4 nitrogen and oxygen atoms in total. The quantitative estimate of drug-likeness (QED) is 0.943. The Bertz CT molecular complexity index is 588. The Kier molecular flexibility index (Phi) is 3.85. The van der Waals surface area contributed by atoms with Gasteiger partial charge in [-0.1, -0.05) is 11.6 Å². The topological polar surface area (TPSA) is 55.0 Å². The monoisotopic (exact) mass is 288 g/mol. The predicted octanol–water partition coefficient (Wildman–Crippen LogP) is 2.93. The van der Waals surface area contributed by atoms with E-state index in [0.29, 0.717) is 17.6 Å². The number of aromatic nitrogens is 2. The van der Waals surface area contributed by atoms with Crippen LogP contribution < -0.4 is 10.6 Å². The van der Waals surface area contributed by atoms with Gasteiger partial charge in [0.05, 0.1) is 11.1 Å². The highest BCUT2D eigenvalue weighted by Crippen LogP contribution is 2.38. The summed E-state index contributed by atoms with van der Waals surface area (Å²) >= 11 is 6.45. The molecule has 0 amide bonds. The van der Waals surface area contributed by atoms with Crippen molar-refractivity contribution in [1.29, 1.82) is 0 Å². The minimum Gasteiger partial charge on any atom is -0.348 e. The van der Waals surface area contributed by atoms with Crippen LogP contribution in [0.1, 0.15) is 30.0 Å². The Morgan fingerprint density at radius 3 is 2.80 bits per heavy atom. The summed E-state index contributed by atoms with van der Waals surface area (Å²) in [6, 6.07) is 6.31. The average molecular weight is 289 g/mol. The highest BCUT2D eigenvalue weighted by molar-refractivity contribution is 6.33. The number of hydrogen-bond donors (Lipinski definition) is 1. The number of rotatable bonds is 3. The van der Waals surface area contributed by atoms with Crippen LogP contribution in [0.3, 0.4) is 0 Å². The Labute approximate surface area is 123 Å². The van der Waals surface area contributed by atoms with Gasteiger partial charge in [-0.25, -0.2) is 4.98 Å². The van der Waals surface area contributed by atoms with E-state index in [1.54, 1.807) is 6.20 Å². The maximum absolute atomic E-state index is 6.45. The number of nitrogens with two attached hydrogens (primary N) is 1. The molecule has 1 fully saturated rings. The lowest BCUT2D eigenvalue weighted by Crippen LogP contribution is -2.24. The molecule has 3 rings (SSSR count). The molecule has 20 heavy (non-hydrogen) atoms. The fourth-order valence-corrected chi connectivity index (χ4v) is 3.08. The van der Waals surface area contributed by atoms with Gasteiger partial charge < -0.3 is 10.6 Å². The summed E-state index contributed by atoms with van der Waals surface area (Å²) in [7, 11) is 0. The molecule has 1 atom stereocenters. The second-order valence-corrected chi connectivity index (χ2v) is 5.32. The zero-order chi connectivity index (χ0) is 13.9. The summed E-state index contributed by atoms with van der Waals surface area (Å²) in [5.74, 6) is 0.842. The molecular weight excluding hydrogens is 272 g/mol. The minimum absolute atomic E-state index is 0.316. The first-order valence-corrected chi connectivity index (χ1v) is 7.19. The smallest absolute Gasteiger partial charge is 0.148 e. The maximum atomic E-state index is 6.45. The van der Waals surface area contributed by atoms with Gasteiger partial charge in [-0.05, 0) is 42.2 Å². The fraction of sp³-hybridized carbons (Fsp3) is 0.333. The van der Waals surface area contributed by atoms with Crippen LogP contribution in [0.5, 0.6) is 0 Å². The van der Waals surface area contributed by atoms with Gasteiger partial charge in [-0.2, -0.15) is 0 Å². The van der Waals surface area contributed by atoms with Gasteiger partial charge in [0, 0.05) is 31.7 Å². The lowest BCUT2D eigenvalue weighted by atomic mass is 10.1. The number of pyridine rings is 2. The summed E-state index contributed by atoms with van der Waals surface area (Å²) < 4.78 is 0. The molecule has 0 aromatic carbocycles. The third kappa shape index (κ3) is 2.37. The van der Waals surface area contributed by atoms with E-state index in [9.17, 15) is 0 Å². The zero-order valence-corrected chi connectivity index (χ0v) is 11.9. The van der Waals surface area contributed by atoms with Crippen LogP contribution in [0.25, 0.3) is 0 Å². The Balaban J connectivity index is 1.97. The van der Waals surface area contributed by atoms with Gasteiger partial charge in [-0.3, -0.25) is 4.98 Å². The molecule has 0 radical (unpaired) electrons. The predicted molar refractivity (Wildman–Crippen MR) is 80.7 cm³/mol. The Hall–Kier alpha value is -1.65. The Morgan fingerprint density at radius 2 is 2.05 bits per heavy atom. The van der Waals surface area contributed by atoms with Crippen molar-refractivity contribution in [2.24, 2.45) is 5.73 Å². The van der Waals surface area contributed by atoms with Crippen molar-refractivity contribution in [1.82, 2.24) is 9.97 Å². The number of anilines is 1. The standard InChI is InChI=1S/C15H17ClN4/c16-14-12(10-17)5-8-19-15(14)20-9-1-2-13(20)11-3-6-18-7-4-11/h3-8,13H,1-2,9-10,17H2. The summed E-state index contributed by atoms with van der Waals surface area (Å²) in [5.41, 5.74) is 7.92. The molecular formula is C15H17ClN4. The second kappa shape index (κ2) is 5.77. The SMILES string of the molecule is NCc1ccnc(N2CCCC2c2ccncc2)c1Cl. The third-order valence-corrected chi connectivity index (χ3v) is 4.20. The molecule has 1 aliphatic rings. The lowest BCUT2D eigenvalue weighted by Gasteiger charge is -2.27. The molecule has 1 saturated heterocycles. The highest BCUT2D eigenvalue weighted by atomic mass is 35.5. The van der Waals surface area contributed by atoms with E-state index in [2.05, 4.69) is 27.0 Å². The summed E-state index contributed by atoms with van der Waals surface area (Å²) in [6.45, 7) is 1.40. The third-order valence-electron chi connectivity index (χ3n) is 3.79. The van der Waals surface area contributed by atoms with Crippen LogP contribution in [-0.2, 0) is 6.54 Å². The van der Waals surface area contributed by atoms with E-state index in [1.165, 1.54) is 5.56 Å². The normalized spacial score (nSPS) is 18.5. The molecule has 0 saturated carbocycles. The molecule has 0 aliphatic carbocycles. The fourth-order valence-electron chi connectivity index (χ4n) is 2.78. The van der Waals surface area contributed by atoms with Gasteiger partial charge in [0.1, 0.15) is 5.82 Å². The number of nitrogens with zero attached hydrogens (tertiary/aromatic N) is 3. The van der Waals surface area contributed by atoms with Crippen molar-refractivity contribution < 1.29 is 0 Å². The molecule has 0 bridgehead atoms. The summed E-state index contributed by atoms with van der Waals surface area (Å²) in [4.78, 5) is 10.8. The molecule has 1 aliphatic heterocycles. The first kappa shape index (κ1) is 13.3. The van der Waals surface area contributed by atoms with Crippen molar-refractivity contribution in [3.8, 4) is 0 Å². The van der Waals surface area contributed by atoms with Gasteiger partial charge in [-0.15, -0.1) is 0 Å². The zero-order valence-electron chi connectivity index (χ0n) is 11.2. The molecule has 2 aromatic heterocycles. The van der Waals surface area contributed by atoms with Crippen LogP contribution in [0.15, 0.2) is 36.8 Å². The Morgan fingerprint density at radius 1 is 1.25 bits per heavy atom. The summed E-state index contributed by atoms with van der Waals surface area (Å²) in [5, 5.41) is 0.677. The molecule has 5 heteroatoms. The first-order chi connectivity index (χ1) is 9.81. The minimum atomic E-state index is 0.316. The van der Waals surface area contributed by atoms with Crippen LogP contribution in [-0.4, -0.2) is 16.5 Å². The number of halogens is 1. The van der Waals surface area contributed by atoms with E-state index in [0.717, 1.165) is 30.8 Å². The van der Waals surface area contributed by atoms with Gasteiger partial charge in [0.15, 0.2) is 0 Å². The lowest BCUT2D eigenvalue weighted by molar-refractivity contribution is 0.710. The average Bonchev–Trinajstić information content (AvgIpc) is 2.97. The van der Waals surface area contributed by atoms with Crippen molar-refractivity contribution in [3.05, 3.63) is 52.9 Å². The first-order valence-electron chi connectivity index (χ1n) is 6.81. The van der Waals surface area contributed by atoms with Crippen molar-refractivity contribution in [2.45, 2.75) is 25.4 Å².